The molecule has 1 heterocycles. The average molecular weight is 190 g/mol. The lowest BCUT2D eigenvalue weighted by atomic mass is 10.1. The Kier molecular flexibility index (Phi) is 1.89. The number of carbonyl (C=O) groups excluding carboxylic acids is 1. The maximum absolute atomic E-state index is 13.2. The lowest BCUT2D eigenvalue weighted by Crippen LogP contribution is -1.94. The molecule has 4 heteroatoms. The van der Waals surface area contributed by atoms with Gasteiger partial charge in [-0.25, -0.2) is 9.37 Å². The molecule has 0 aliphatic carbocycles. The molecule has 0 atom stereocenters. The first-order valence-corrected chi connectivity index (χ1v) is 4.02. The monoisotopic (exact) mass is 190 g/mol. The van der Waals surface area contributed by atoms with Gasteiger partial charge in [0.15, 0.2) is 6.29 Å². The second-order valence-electron chi connectivity index (χ2n) is 2.89. The summed E-state index contributed by atoms with van der Waals surface area (Å²) in [7, 11) is 0. The van der Waals surface area contributed by atoms with E-state index in [0.717, 1.165) is 0 Å². The molecule has 0 spiro atoms. The molecule has 2 rings (SSSR count). The second kappa shape index (κ2) is 3.06. The number of anilines is 1. The number of aldehydes is 1. The first-order chi connectivity index (χ1) is 6.72. The van der Waals surface area contributed by atoms with Gasteiger partial charge in [0.1, 0.15) is 17.0 Å². The minimum Gasteiger partial charge on any atom is -0.398 e. The van der Waals surface area contributed by atoms with E-state index in [2.05, 4.69) is 4.98 Å². The van der Waals surface area contributed by atoms with Crippen molar-refractivity contribution in [1.29, 1.82) is 0 Å². The van der Waals surface area contributed by atoms with Gasteiger partial charge in [-0.05, 0) is 24.3 Å². The van der Waals surface area contributed by atoms with Crippen LogP contribution in [0.5, 0.6) is 0 Å². The van der Waals surface area contributed by atoms with E-state index in [9.17, 15) is 9.18 Å². The minimum atomic E-state index is -0.474. The first kappa shape index (κ1) is 8.62. The summed E-state index contributed by atoms with van der Waals surface area (Å²) in [4.78, 5) is 14.3. The zero-order valence-corrected chi connectivity index (χ0v) is 7.20. The number of nitrogen functional groups attached to an aromatic ring is 1. The van der Waals surface area contributed by atoms with Crippen LogP contribution in [0.15, 0.2) is 24.3 Å². The number of hydrogen-bond acceptors (Lipinski definition) is 3. The molecule has 0 fully saturated rings. The molecule has 1 aromatic carbocycles. The van der Waals surface area contributed by atoms with Crippen LogP contribution in [0.1, 0.15) is 10.5 Å². The average Bonchev–Trinajstić information content (AvgIpc) is 2.23. The first-order valence-electron chi connectivity index (χ1n) is 4.02. The molecule has 0 bridgehead atoms. The van der Waals surface area contributed by atoms with Gasteiger partial charge in [-0.1, -0.05) is 0 Å². The van der Waals surface area contributed by atoms with Gasteiger partial charge >= 0.3 is 0 Å². The molecule has 0 unspecified atom stereocenters. The molecule has 2 aromatic rings. The van der Waals surface area contributed by atoms with E-state index in [0.29, 0.717) is 17.4 Å². The Morgan fingerprint density at radius 2 is 2.07 bits per heavy atom. The van der Waals surface area contributed by atoms with Crippen molar-refractivity contribution in [3.63, 3.8) is 0 Å². The standard InChI is InChI=1S/C10H7FN2O/c11-8-3-4-9(12)7-2-1-6(5-14)13-10(7)8/h1-5H,12H2. The van der Waals surface area contributed by atoms with Crippen molar-refractivity contribution in [2.75, 3.05) is 5.73 Å². The quantitative estimate of drug-likeness (QED) is 0.550. The van der Waals surface area contributed by atoms with E-state index in [1.165, 1.54) is 18.2 Å². The summed E-state index contributed by atoms with van der Waals surface area (Å²) in [6.45, 7) is 0. The van der Waals surface area contributed by atoms with E-state index >= 15 is 0 Å². The number of nitrogens with zero attached hydrogens (tertiary/aromatic N) is 1. The number of rotatable bonds is 1. The number of benzene rings is 1. The highest BCUT2D eigenvalue weighted by atomic mass is 19.1. The highest BCUT2D eigenvalue weighted by molar-refractivity contribution is 5.92. The number of halogens is 1. The Hall–Kier alpha value is -1.97. The molecule has 1 aromatic heterocycles. The predicted octanol–water partition coefficient (Wildman–Crippen LogP) is 1.77. The van der Waals surface area contributed by atoms with Crippen LogP contribution < -0.4 is 5.73 Å². The third-order valence-electron chi connectivity index (χ3n) is 1.98. The van der Waals surface area contributed by atoms with Crippen LogP contribution in [-0.2, 0) is 0 Å². The molecule has 0 saturated heterocycles. The predicted molar refractivity (Wildman–Crippen MR) is 51.5 cm³/mol. The van der Waals surface area contributed by atoms with Gasteiger partial charge in [0.25, 0.3) is 0 Å². The van der Waals surface area contributed by atoms with Crippen molar-refractivity contribution >= 4 is 22.9 Å². The molecule has 70 valence electrons. The van der Waals surface area contributed by atoms with E-state index in [1.54, 1.807) is 6.07 Å². The molecule has 0 amide bonds. The van der Waals surface area contributed by atoms with Gasteiger partial charge < -0.3 is 5.73 Å². The van der Waals surface area contributed by atoms with Crippen molar-refractivity contribution in [1.82, 2.24) is 4.98 Å². The number of fused-ring (bicyclic) bond motifs is 1. The zero-order valence-electron chi connectivity index (χ0n) is 7.20. The van der Waals surface area contributed by atoms with Crippen molar-refractivity contribution in [2.24, 2.45) is 0 Å². The third kappa shape index (κ3) is 1.21. The summed E-state index contributed by atoms with van der Waals surface area (Å²) >= 11 is 0. The highest BCUT2D eigenvalue weighted by Gasteiger charge is 2.05. The minimum absolute atomic E-state index is 0.134. The summed E-state index contributed by atoms with van der Waals surface area (Å²) in [6, 6.07) is 5.80. The van der Waals surface area contributed by atoms with Crippen molar-refractivity contribution in [3.05, 3.63) is 35.8 Å². The van der Waals surface area contributed by atoms with E-state index in [-0.39, 0.29) is 11.2 Å². The maximum Gasteiger partial charge on any atom is 0.168 e. The van der Waals surface area contributed by atoms with Crippen LogP contribution >= 0.6 is 0 Å². The largest absolute Gasteiger partial charge is 0.398 e. The Balaban J connectivity index is 2.86. The normalized spacial score (nSPS) is 10.4. The van der Waals surface area contributed by atoms with Gasteiger partial charge in [-0.15, -0.1) is 0 Å². The number of aromatic nitrogens is 1. The molecule has 2 N–H and O–H groups in total. The molecule has 3 nitrogen and oxygen atoms in total. The summed E-state index contributed by atoms with van der Waals surface area (Å²) in [5.74, 6) is -0.474. The van der Waals surface area contributed by atoms with Crippen molar-refractivity contribution in [3.8, 4) is 0 Å². The van der Waals surface area contributed by atoms with Crippen LogP contribution in [0, 0.1) is 5.82 Å². The maximum atomic E-state index is 13.2. The number of carbonyl (C=O) groups is 1. The second-order valence-corrected chi connectivity index (χ2v) is 2.89. The van der Waals surface area contributed by atoms with E-state index < -0.39 is 5.82 Å². The molecule has 0 saturated carbocycles. The summed E-state index contributed by atoms with van der Waals surface area (Å²) < 4.78 is 13.2. The summed E-state index contributed by atoms with van der Waals surface area (Å²) in [5.41, 5.74) is 6.40. The van der Waals surface area contributed by atoms with Crippen molar-refractivity contribution in [2.45, 2.75) is 0 Å². The number of pyridine rings is 1. The van der Waals surface area contributed by atoms with Crippen LogP contribution in [0.4, 0.5) is 10.1 Å². The molecule has 0 aliphatic heterocycles. The number of nitrogens with two attached hydrogens (primary N) is 1. The van der Waals surface area contributed by atoms with E-state index in [4.69, 9.17) is 5.73 Å². The SMILES string of the molecule is Nc1ccc(F)c2nc(C=O)ccc12. The fraction of sp³-hybridized carbons (Fsp3) is 0. The highest BCUT2D eigenvalue weighted by Crippen LogP contribution is 2.21. The van der Waals surface area contributed by atoms with Crippen LogP contribution in [-0.4, -0.2) is 11.3 Å². The summed E-state index contributed by atoms with van der Waals surface area (Å²) in [5, 5.41) is 0.524. The van der Waals surface area contributed by atoms with Crippen molar-refractivity contribution < 1.29 is 9.18 Å². The van der Waals surface area contributed by atoms with Crippen LogP contribution in [0.3, 0.4) is 0 Å². The van der Waals surface area contributed by atoms with Gasteiger partial charge in [0.2, 0.25) is 0 Å². The zero-order chi connectivity index (χ0) is 10.1. The number of hydrogen-bond donors (Lipinski definition) is 1. The molecule has 0 aliphatic rings. The molecule has 0 radical (unpaired) electrons. The smallest absolute Gasteiger partial charge is 0.168 e. The van der Waals surface area contributed by atoms with E-state index in [1.807, 2.05) is 0 Å². The molecule has 14 heavy (non-hydrogen) atoms. The van der Waals surface area contributed by atoms with Gasteiger partial charge in [0, 0.05) is 11.1 Å². The topological polar surface area (TPSA) is 56.0 Å². The van der Waals surface area contributed by atoms with Gasteiger partial charge in [0.05, 0.1) is 0 Å². The Labute approximate surface area is 79.4 Å². The lowest BCUT2D eigenvalue weighted by molar-refractivity contribution is 0.111. The molecular formula is C10H7FN2O. The summed E-state index contributed by atoms with van der Waals surface area (Å²) in [6.07, 6.45) is 0.571. The van der Waals surface area contributed by atoms with Gasteiger partial charge in [-0.3, -0.25) is 4.79 Å². The van der Waals surface area contributed by atoms with Gasteiger partial charge in [-0.2, -0.15) is 0 Å². The Bertz CT molecular complexity index is 511. The fourth-order valence-corrected chi connectivity index (χ4v) is 1.29. The Morgan fingerprint density at radius 3 is 2.79 bits per heavy atom. The molecular weight excluding hydrogens is 183 g/mol. The fourth-order valence-electron chi connectivity index (χ4n) is 1.29. The van der Waals surface area contributed by atoms with Crippen LogP contribution in [0.25, 0.3) is 10.9 Å². The lowest BCUT2D eigenvalue weighted by Gasteiger charge is -2.02. The Morgan fingerprint density at radius 1 is 1.29 bits per heavy atom. The third-order valence-corrected chi connectivity index (χ3v) is 1.98. The van der Waals surface area contributed by atoms with Crippen LogP contribution in [0.2, 0.25) is 0 Å².